The molecule has 7 heteroatoms. The Labute approximate surface area is 140 Å². The van der Waals surface area contributed by atoms with E-state index in [2.05, 4.69) is 0 Å². The van der Waals surface area contributed by atoms with Crippen molar-refractivity contribution in [3.8, 4) is 5.75 Å². The van der Waals surface area contributed by atoms with Gasteiger partial charge in [0.1, 0.15) is 18.4 Å². The van der Waals surface area contributed by atoms with Gasteiger partial charge in [0.05, 0.1) is 13.1 Å². The molecule has 0 radical (unpaired) electrons. The van der Waals surface area contributed by atoms with Crippen LogP contribution in [0, 0.1) is 0 Å². The lowest BCUT2D eigenvalue weighted by Gasteiger charge is -2.24. The molecular formula is C16H21ClN2O4. The van der Waals surface area contributed by atoms with Crippen LogP contribution >= 0.6 is 11.6 Å². The van der Waals surface area contributed by atoms with E-state index in [4.69, 9.17) is 21.4 Å². The molecule has 6 nitrogen and oxygen atoms in total. The molecule has 0 spiro atoms. The second-order valence-corrected chi connectivity index (χ2v) is 6.02. The molecule has 1 aromatic rings. The zero-order valence-corrected chi connectivity index (χ0v) is 13.8. The van der Waals surface area contributed by atoms with Crippen LogP contribution in [0.3, 0.4) is 0 Å². The minimum atomic E-state index is -0.857. The van der Waals surface area contributed by atoms with E-state index in [1.165, 1.54) is 0 Å². The normalized spacial score (nSPS) is 17.9. The van der Waals surface area contributed by atoms with Crippen LogP contribution in [0.15, 0.2) is 24.3 Å². The number of likely N-dealkylation sites (tertiary alicyclic amines) is 1. The maximum Gasteiger partial charge on any atom is 0.320 e. The van der Waals surface area contributed by atoms with Gasteiger partial charge in [-0.05, 0) is 43.7 Å². The molecule has 1 amide bonds. The lowest BCUT2D eigenvalue weighted by Crippen LogP contribution is -2.44. The largest absolute Gasteiger partial charge is 0.492 e. The molecule has 1 aromatic carbocycles. The number of carboxylic acid groups (broad SMARTS) is 1. The van der Waals surface area contributed by atoms with Gasteiger partial charge in [-0.15, -0.1) is 0 Å². The predicted molar refractivity (Wildman–Crippen MR) is 86.8 cm³/mol. The molecule has 0 aliphatic carbocycles. The summed E-state index contributed by atoms with van der Waals surface area (Å²) in [6.45, 7) is 1.59. The number of carbonyl (C=O) groups is 2. The van der Waals surface area contributed by atoms with E-state index in [9.17, 15) is 9.59 Å². The molecule has 1 saturated heterocycles. The second kappa shape index (κ2) is 8.17. The van der Waals surface area contributed by atoms with Crippen LogP contribution in [0.5, 0.6) is 5.75 Å². The number of hydrogen-bond donors (Lipinski definition) is 1. The molecule has 2 rings (SSSR count). The monoisotopic (exact) mass is 340 g/mol. The lowest BCUT2D eigenvalue weighted by atomic mass is 10.2. The van der Waals surface area contributed by atoms with Crippen LogP contribution < -0.4 is 4.74 Å². The molecule has 0 unspecified atom stereocenters. The summed E-state index contributed by atoms with van der Waals surface area (Å²) < 4.78 is 5.55. The first-order valence-electron chi connectivity index (χ1n) is 7.56. The number of ether oxygens (including phenoxy) is 1. The highest BCUT2D eigenvalue weighted by Gasteiger charge is 2.32. The fourth-order valence-corrected chi connectivity index (χ4v) is 2.67. The number of carbonyl (C=O) groups excluding carboxylic acids is 1. The van der Waals surface area contributed by atoms with Crippen LogP contribution in [0.2, 0.25) is 5.02 Å². The van der Waals surface area contributed by atoms with Gasteiger partial charge in [0.25, 0.3) is 0 Å². The summed E-state index contributed by atoms with van der Waals surface area (Å²) in [5, 5.41) is 9.77. The Morgan fingerprint density at radius 1 is 1.39 bits per heavy atom. The molecule has 1 aliphatic heterocycles. The summed E-state index contributed by atoms with van der Waals surface area (Å²) in [5.41, 5.74) is 0. The van der Waals surface area contributed by atoms with Gasteiger partial charge in [-0.2, -0.15) is 0 Å². The van der Waals surface area contributed by atoms with Crippen molar-refractivity contribution < 1.29 is 19.4 Å². The van der Waals surface area contributed by atoms with Crippen LogP contribution in [-0.2, 0) is 9.59 Å². The second-order valence-electron chi connectivity index (χ2n) is 5.58. The van der Waals surface area contributed by atoms with Crippen LogP contribution in [0.1, 0.15) is 12.8 Å². The third-order valence-corrected chi connectivity index (χ3v) is 4.17. The van der Waals surface area contributed by atoms with Crippen molar-refractivity contribution in [1.29, 1.82) is 0 Å². The molecule has 126 valence electrons. The number of amides is 1. The summed E-state index contributed by atoms with van der Waals surface area (Å²) in [6, 6.07) is 6.48. The van der Waals surface area contributed by atoms with E-state index < -0.39 is 12.0 Å². The van der Waals surface area contributed by atoms with Gasteiger partial charge >= 0.3 is 5.97 Å². The van der Waals surface area contributed by atoms with E-state index >= 15 is 0 Å². The average Bonchev–Trinajstić information content (AvgIpc) is 2.97. The fourth-order valence-electron chi connectivity index (χ4n) is 2.55. The third-order valence-electron chi connectivity index (χ3n) is 3.92. The highest BCUT2D eigenvalue weighted by molar-refractivity contribution is 6.30. The quantitative estimate of drug-likeness (QED) is 0.818. The van der Waals surface area contributed by atoms with Crippen molar-refractivity contribution in [2.45, 2.75) is 18.9 Å². The van der Waals surface area contributed by atoms with Gasteiger partial charge in [-0.25, -0.2) is 0 Å². The van der Waals surface area contributed by atoms with Gasteiger partial charge in [0.15, 0.2) is 0 Å². The number of benzene rings is 1. The Morgan fingerprint density at radius 2 is 2.09 bits per heavy atom. The zero-order valence-electron chi connectivity index (χ0n) is 13.1. The summed E-state index contributed by atoms with van der Waals surface area (Å²) in [7, 11) is 1.69. The van der Waals surface area contributed by atoms with E-state index in [0.717, 1.165) is 6.42 Å². The third kappa shape index (κ3) is 5.11. The first kappa shape index (κ1) is 17.6. The molecule has 1 aliphatic rings. The number of aliphatic carboxylic acids is 1. The Hall–Kier alpha value is -1.79. The Bertz CT molecular complexity index is 550. The number of likely N-dealkylation sites (N-methyl/N-ethyl adjacent to an activating group) is 1. The summed E-state index contributed by atoms with van der Waals surface area (Å²) in [4.78, 5) is 26.6. The maximum absolute atomic E-state index is 12.2. The SMILES string of the molecule is CN(CCOc1ccc(Cl)cc1)C(=O)CN1CCC[C@H]1C(=O)O. The van der Waals surface area contributed by atoms with Gasteiger partial charge in [0, 0.05) is 12.1 Å². The predicted octanol–water partition coefficient (Wildman–Crippen LogP) is 1.73. The number of nitrogens with zero attached hydrogens (tertiary/aromatic N) is 2. The lowest BCUT2D eigenvalue weighted by molar-refractivity contribution is -0.143. The Kier molecular flexibility index (Phi) is 6.24. The molecule has 0 bridgehead atoms. The van der Waals surface area contributed by atoms with Crippen molar-refractivity contribution in [2.75, 3.05) is 33.3 Å². The minimum Gasteiger partial charge on any atom is -0.492 e. The number of rotatable bonds is 7. The Balaban J connectivity index is 1.74. The van der Waals surface area contributed by atoms with Gasteiger partial charge in [0.2, 0.25) is 5.91 Å². The van der Waals surface area contributed by atoms with Crippen molar-refractivity contribution in [1.82, 2.24) is 9.80 Å². The molecule has 1 heterocycles. The van der Waals surface area contributed by atoms with Crippen molar-refractivity contribution in [3.05, 3.63) is 29.3 Å². The maximum atomic E-state index is 12.2. The number of halogens is 1. The average molecular weight is 341 g/mol. The van der Waals surface area contributed by atoms with Gasteiger partial charge < -0.3 is 14.7 Å². The minimum absolute atomic E-state index is 0.0992. The van der Waals surface area contributed by atoms with Gasteiger partial charge in [-0.3, -0.25) is 14.5 Å². The standard InChI is InChI=1S/C16H21ClN2O4/c1-18(9-10-23-13-6-4-12(17)5-7-13)15(20)11-19-8-2-3-14(19)16(21)22/h4-7,14H,2-3,8-11H2,1H3,(H,21,22)/t14-/m0/s1. The van der Waals surface area contributed by atoms with Gasteiger partial charge in [-0.1, -0.05) is 11.6 Å². The van der Waals surface area contributed by atoms with Crippen LogP contribution in [0.25, 0.3) is 0 Å². The summed E-state index contributed by atoms with van der Waals surface area (Å²) in [5.74, 6) is -0.261. The highest BCUT2D eigenvalue weighted by atomic mass is 35.5. The molecule has 23 heavy (non-hydrogen) atoms. The van der Waals surface area contributed by atoms with E-state index in [-0.39, 0.29) is 12.5 Å². The molecule has 0 saturated carbocycles. The number of carboxylic acids is 1. The van der Waals surface area contributed by atoms with E-state index in [1.807, 2.05) is 0 Å². The Morgan fingerprint density at radius 3 is 2.74 bits per heavy atom. The molecule has 1 fully saturated rings. The zero-order chi connectivity index (χ0) is 16.8. The topological polar surface area (TPSA) is 70.1 Å². The number of hydrogen-bond acceptors (Lipinski definition) is 4. The van der Waals surface area contributed by atoms with E-state index in [1.54, 1.807) is 41.1 Å². The smallest absolute Gasteiger partial charge is 0.320 e. The molecule has 1 atom stereocenters. The van der Waals surface area contributed by atoms with Crippen molar-refractivity contribution >= 4 is 23.5 Å². The molecule has 0 aromatic heterocycles. The highest BCUT2D eigenvalue weighted by Crippen LogP contribution is 2.17. The van der Waals surface area contributed by atoms with Crippen molar-refractivity contribution in [3.63, 3.8) is 0 Å². The summed E-state index contributed by atoms with van der Waals surface area (Å²) >= 11 is 5.80. The van der Waals surface area contributed by atoms with E-state index in [0.29, 0.717) is 36.9 Å². The van der Waals surface area contributed by atoms with Crippen LogP contribution in [0.4, 0.5) is 0 Å². The van der Waals surface area contributed by atoms with Crippen molar-refractivity contribution in [2.24, 2.45) is 0 Å². The first-order valence-corrected chi connectivity index (χ1v) is 7.94. The molecule has 1 N–H and O–H groups in total. The fraction of sp³-hybridized carbons (Fsp3) is 0.500. The first-order chi connectivity index (χ1) is 11.0. The molecular weight excluding hydrogens is 320 g/mol. The summed E-state index contributed by atoms with van der Waals surface area (Å²) in [6.07, 6.45) is 1.42. The van der Waals surface area contributed by atoms with Crippen LogP contribution in [-0.4, -0.2) is 66.1 Å².